The number of halogens is 3. The number of amides is 1. The zero-order chi connectivity index (χ0) is 18.7. The van der Waals surface area contributed by atoms with Crippen molar-refractivity contribution in [1.82, 2.24) is 9.88 Å². The molecule has 0 aliphatic carbocycles. The topological polar surface area (TPSA) is 60.2 Å². The van der Waals surface area contributed by atoms with Crippen LogP contribution in [0.1, 0.15) is 31.2 Å². The van der Waals surface area contributed by atoms with E-state index in [1.54, 1.807) is 9.80 Å². The summed E-state index contributed by atoms with van der Waals surface area (Å²) in [6.07, 6.45) is -0.475. The summed E-state index contributed by atoms with van der Waals surface area (Å²) in [5, 5.41) is 8.96. The van der Waals surface area contributed by atoms with Crippen LogP contribution in [0, 0.1) is 23.2 Å². The second-order valence-corrected chi connectivity index (χ2v) is 6.89. The van der Waals surface area contributed by atoms with E-state index >= 15 is 0 Å². The molecule has 1 atom stereocenters. The van der Waals surface area contributed by atoms with E-state index in [-0.39, 0.29) is 30.1 Å². The Morgan fingerprint density at radius 1 is 1.23 bits per heavy atom. The predicted molar refractivity (Wildman–Crippen MR) is 89.1 cm³/mol. The average molecular weight is 366 g/mol. The van der Waals surface area contributed by atoms with Gasteiger partial charge in [-0.25, -0.2) is 4.98 Å². The van der Waals surface area contributed by atoms with E-state index in [0.29, 0.717) is 45.3 Å². The fourth-order valence-corrected chi connectivity index (χ4v) is 3.73. The lowest BCUT2D eigenvalue weighted by atomic mass is 9.93. The van der Waals surface area contributed by atoms with E-state index < -0.39 is 11.7 Å². The van der Waals surface area contributed by atoms with Crippen LogP contribution in [0.3, 0.4) is 0 Å². The van der Waals surface area contributed by atoms with Crippen LogP contribution in [0.4, 0.5) is 19.0 Å². The van der Waals surface area contributed by atoms with Crippen LogP contribution in [0.25, 0.3) is 0 Å². The highest BCUT2D eigenvalue weighted by Gasteiger charge is 2.38. The molecule has 2 saturated heterocycles. The SMILES string of the molecule is N#CC1CCN(C(=O)C2CCCN(c3ncccc3C(F)(F)F)C2)CC1. The van der Waals surface area contributed by atoms with Gasteiger partial charge in [0.2, 0.25) is 5.91 Å². The molecule has 140 valence electrons. The Morgan fingerprint density at radius 2 is 1.96 bits per heavy atom. The molecule has 1 aromatic heterocycles. The number of pyridine rings is 1. The lowest BCUT2D eigenvalue weighted by Gasteiger charge is -2.38. The number of rotatable bonds is 2. The number of aromatic nitrogens is 1. The predicted octanol–water partition coefficient (Wildman–Crippen LogP) is 3.08. The quantitative estimate of drug-likeness (QED) is 0.807. The van der Waals surface area contributed by atoms with Crippen LogP contribution in [-0.4, -0.2) is 42.0 Å². The Balaban J connectivity index is 1.71. The van der Waals surface area contributed by atoms with Gasteiger partial charge in [-0.05, 0) is 37.8 Å². The van der Waals surface area contributed by atoms with Crippen LogP contribution in [-0.2, 0) is 11.0 Å². The molecular formula is C18H21F3N4O. The Labute approximate surface area is 150 Å². The van der Waals surface area contributed by atoms with Crippen LogP contribution in [0.15, 0.2) is 18.3 Å². The lowest BCUT2D eigenvalue weighted by molar-refractivity contribution is -0.137. The third kappa shape index (κ3) is 3.92. The zero-order valence-corrected chi connectivity index (χ0v) is 14.4. The van der Waals surface area contributed by atoms with Crippen LogP contribution in [0.2, 0.25) is 0 Å². The van der Waals surface area contributed by atoms with Crippen molar-refractivity contribution in [3.05, 3.63) is 23.9 Å². The van der Waals surface area contributed by atoms with Gasteiger partial charge < -0.3 is 9.80 Å². The summed E-state index contributed by atoms with van der Waals surface area (Å²) >= 11 is 0. The monoisotopic (exact) mass is 366 g/mol. The first-order valence-corrected chi connectivity index (χ1v) is 8.85. The van der Waals surface area contributed by atoms with E-state index in [4.69, 9.17) is 5.26 Å². The van der Waals surface area contributed by atoms with Crippen molar-refractivity contribution in [2.45, 2.75) is 31.9 Å². The largest absolute Gasteiger partial charge is 0.419 e. The van der Waals surface area contributed by atoms with Crippen molar-refractivity contribution in [3.63, 3.8) is 0 Å². The minimum absolute atomic E-state index is 0.00948. The highest BCUT2D eigenvalue weighted by molar-refractivity contribution is 5.80. The first-order valence-electron chi connectivity index (χ1n) is 8.85. The average Bonchev–Trinajstić information content (AvgIpc) is 2.67. The number of nitrogens with zero attached hydrogens (tertiary/aromatic N) is 4. The van der Waals surface area contributed by atoms with Gasteiger partial charge in [-0.2, -0.15) is 18.4 Å². The third-order valence-corrected chi connectivity index (χ3v) is 5.15. The molecule has 0 bridgehead atoms. The standard InChI is InChI=1S/C18H21F3N4O/c19-18(20,21)15-4-1-7-23-16(15)25-8-2-3-14(12-25)17(26)24-9-5-13(11-22)6-10-24/h1,4,7,13-14H,2-3,5-6,8-10,12H2. The number of hydrogen-bond donors (Lipinski definition) is 0. The number of alkyl halides is 3. The summed E-state index contributed by atoms with van der Waals surface area (Å²) in [5.74, 6) is -0.452. The molecule has 1 unspecified atom stereocenters. The molecule has 2 aliphatic heterocycles. The highest BCUT2D eigenvalue weighted by Crippen LogP contribution is 2.36. The van der Waals surface area contributed by atoms with E-state index in [2.05, 4.69) is 11.1 Å². The van der Waals surface area contributed by atoms with E-state index in [1.165, 1.54) is 12.3 Å². The fourth-order valence-electron chi connectivity index (χ4n) is 3.73. The molecule has 26 heavy (non-hydrogen) atoms. The Kier molecular flexibility index (Phi) is 5.35. The van der Waals surface area contributed by atoms with Crippen molar-refractivity contribution in [2.75, 3.05) is 31.1 Å². The van der Waals surface area contributed by atoms with Gasteiger partial charge in [-0.15, -0.1) is 0 Å². The van der Waals surface area contributed by atoms with Crippen molar-refractivity contribution in [2.24, 2.45) is 11.8 Å². The summed E-state index contributed by atoms with van der Waals surface area (Å²) in [7, 11) is 0. The van der Waals surface area contributed by atoms with Crippen molar-refractivity contribution < 1.29 is 18.0 Å². The number of likely N-dealkylation sites (tertiary alicyclic amines) is 1. The maximum atomic E-state index is 13.3. The third-order valence-electron chi connectivity index (χ3n) is 5.15. The molecule has 0 aromatic carbocycles. The van der Waals surface area contributed by atoms with E-state index in [0.717, 1.165) is 6.07 Å². The Morgan fingerprint density at radius 3 is 2.62 bits per heavy atom. The number of hydrogen-bond acceptors (Lipinski definition) is 4. The molecule has 3 rings (SSSR count). The molecule has 2 fully saturated rings. The maximum absolute atomic E-state index is 13.3. The van der Waals surface area contributed by atoms with Crippen molar-refractivity contribution in [1.29, 1.82) is 5.26 Å². The van der Waals surface area contributed by atoms with Gasteiger partial charge in [0.15, 0.2) is 0 Å². The second-order valence-electron chi connectivity index (χ2n) is 6.89. The number of piperidine rings is 2. The Hall–Kier alpha value is -2.30. The van der Waals surface area contributed by atoms with Gasteiger partial charge >= 0.3 is 6.18 Å². The zero-order valence-electron chi connectivity index (χ0n) is 14.4. The minimum atomic E-state index is -4.47. The molecule has 1 aromatic rings. The Bertz CT molecular complexity index is 692. The minimum Gasteiger partial charge on any atom is -0.355 e. The molecule has 3 heterocycles. The highest BCUT2D eigenvalue weighted by atomic mass is 19.4. The summed E-state index contributed by atoms with van der Waals surface area (Å²) < 4.78 is 39.8. The molecule has 5 nitrogen and oxygen atoms in total. The molecule has 0 N–H and O–H groups in total. The molecular weight excluding hydrogens is 345 g/mol. The summed E-state index contributed by atoms with van der Waals surface area (Å²) in [4.78, 5) is 20.1. The maximum Gasteiger partial charge on any atom is 0.419 e. The second kappa shape index (κ2) is 7.52. The summed E-state index contributed by atoms with van der Waals surface area (Å²) in [6.45, 7) is 1.80. The molecule has 0 spiro atoms. The molecule has 8 heteroatoms. The molecule has 0 saturated carbocycles. The molecule has 2 aliphatic rings. The fraction of sp³-hybridized carbons (Fsp3) is 0.611. The molecule has 0 radical (unpaired) electrons. The van der Waals surface area contributed by atoms with Gasteiger partial charge in [0, 0.05) is 38.3 Å². The number of nitriles is 1. The molecule has 1 amide bonds. The normalized spacial score (nSPS) is 22.2. The van der Waals surface area contributed by atoms with Gasteiger partial charge in [-0.1, -0.05) is 0 Å². The van der Waals surface area contributed by atoms with E-state index in [9.17, 15) is 18.0 Å². The van der Waals surface area contributed by atoms with Gasteiger partial charge in [-0.3, -0.25) is 4.79 Å². The van der Waals surface area contributed by atoms with Crippen LogP contribution in [0.5, 0.6) is 0 Å². The lowest BCUT2D eigenvalue weighted by Crippen LogP contribution is -2.47. The number of carbonyl (C=O) groups excluding carboxylic acids is 1. The van der Waals surface area contributed by atoms with Gasteiger partial charge in [0.25, 0.3) is 0 Å². The summed E-state index contributed by atoms with van der Waals surface area (Å²) in [5.41, 5.74) is -0.761. The van der Waals surface area contributed by atoms with Gasteiger partial charge in [0.1, 0.15) is 5.82 Å². The van der Waals surface area contributed by atoms with Crippen molar-refractivity contribution in [3.8, 4) is 6.07 Å². The first kappa shape index (κ1) is 18.5. The van der Waals surface area contributed by atoms with Crippen LogP contribution >= 0.6 is 0 Å². The number of anilines is 1. The van der Waals surface area contributed by atoms with Gasteiger partial charge in [0.05, 0.1) is 17.6 Å². The summed E-state index contributed by atoms with van der Waals surface area (Å²) in [6, 6.07) is 4.54. The van der Waals surface area contributed by atoms with Crippen LogP contribution < -0.4 is 4.90 Å². The number of carbonyl (C=O) groups is 1. The van der Waals surface area contributed by atoms with E-state index in [1.807, 2.05) is 0 Å². The first-order chi connectivity index (χ1) is 12.4. The smallest absolute Gasteiger partial charge is 0.355 e. The van der Waals surface area contributed by atoms with Crippen molar-refractivity contribution >= 4 is 11.7 Å².